The van der Waals surface area contributed by atoms with E-state index in [1.807, 2.05) is 23.0 Å². The molecule has 20 heavy (non-hydrogen) atoms. The molecule has 0 radical (unpaired) electrons. The van der Waals surface area contributed by atoms with Gasteiger partial charge >= 0.3 is 0 Å². The van der Waals surface area contributed by atoms with Gasteiger partial charge in [0.15, 0.2) is 12.4 Å². The highest BCUT2D eigenvalue weighted by Gasteiger charge is 2.12. The first-order chi connectivity index (χ1) is 9.22. The minimum atomic E-state index is 0. The van der Waals surface area contributed by atoms with Crippen molar-refractivity contribution in [2.75, 3.05) is 0 Å². The molecule has 0 bridgehead atoms. The quantitative estimate of drug-likeness (QED) is 0.493. The minimum Gasteiger partial charge on any atom is -1.00 e. The molecule has 0 N–H and O–H groups in total. The van der Waals surface area contributed by atoms with E-state index >= 15 is 0 Å². The predicted octanol–water partition coefficient (Wildman–Crippen LogP) is 0.729. The molecule has 0 aliphatic rings. The summed E-state index contributed by atoms with van der Waals surface area (Å²) < 4.78 is 3.14. The second-order valence-corrected chi connectivity index (χ2v) is 5.67. The lowest BCUT2D eigenvalue weighted by Gasteiger charge is -1.99. The van der Waals surface area contributed by atoms with Gasteiger partial charge in [0.25, 0.3) is 0 Å². The minimum absolute atomic E-state index is 0. The number of Topliss-reactive ketones (excluding diaryl/α,β-unsaturated/α-hetero) is 1. The molecule has 5 heteroatoms. The Balaban J connectivity index is 0.00000147. The molecule has 2 aromatic heterocycles. The zero-order valence-electron chi connectivity index (χ0n) is 10.4. The monoisotopic (exact) mass is 367 g/mol. The molecule has 0 atom stereocenters. The third-order valence-corrected chi connectivity index (χ3v) is 4.09. The molecule has 0 aliphatic heterocycles. The van der Waals surface area contributed by atoms with Gasteiger partial charge in [-0.25, -0.2) is 0 Å². The maximum absolute atomic E-state index is 12.1. The van der Waals surface area contributed by atoms with Crippen LogP contribution in [0.4, 0.5) is 0 Å². The van der Waals surface area contributed by atoms with Gasteiger partial charge in [-0.15, -0.1) is 11.3 Å². The number of fused-ring (bicyclic) bond motifs is 1. The topological polar surface area (TPSA) is 20.9 Å². The Hall–Kier alpha value is -1.23. The lowest BCUT2D eigenvalue weighted by atomic mass is 10.1. The van der Waals surface area contributed by atoms with Crippen LogP contribution >= 0.6 is 22.9 Å². The zero-order valence-corrected chi connectivity index (χ0v) is 13.6. The van der Waals surface area contributed by atoms with Crippen LogP contribution in [0.1, 0.15) is 10.4 Å². The first kappa shape index (κ1) is 15.2. The number of hydrogen-bond acceptors (Lipinski definition) is 2. The number of aromatic nitrogens is 1. The zero-order chi connectivity index (χ0) is 13.2. The van der Waals surface area contributed by atoms with E-state index in [-0.39, 0.29) is 22.8 Å². The summed E-state index contributed by atoms with van der Waals surface area (Å²) in [5.74, 6) is 0.0799. The summed E-state index contributed by atoms with van der Waals surface area (Å²) in [7, 11) is 0. The second-order valence-electron chi connectivity index (χ2n) is 4.29. The van der Waals surface area contributed by atoms with Crippen LogP contribution in [-0.2, 0) is 6.54 Å². The number of pyridine rings is 1. The van der Waals surface area contributed by atoms with E-state index in [9.17, 15) is 4.79 Å². The maximum atomic E-state index is 12.1. The molecule has 0 spiro atoms. The van der Waals surface area contributed by atoms with Gasteiger partial charge in [-0.05, 0) is 35.7 Å². The summed E-state index contributed by atoms with van der Waals surface area (Å²) in [5.41, 5.74) is 0.683. The highest BCUT2D eigenvalue weighted by molar-refractivity contribution is 7.17. The summed E-state index contributed by atoms with van der Waals surface area (Å²) in [6, 6.07) is 11.1. The van der Waals surface area contributed by atoms with Crippen LogP contribution in [0.2, 0.25) is 5.02 Å². The van der Waals surface area contributed by atoms with Crippen molar-refractivity contribution in [3.63, 3.8) is 0 Å². The fraction of sp³-hybridized carbons (Fsp3) is 0.0667. The van der Waals surface area contributed by atoms with Gasteiger partial charge in [0, 0.05) is 21.4 Å². The number of rotatable bonds is 3. The number of carbonyl (C=O) groups excluding carboxylic acids is 1. The Kier molecular flexibility index (Phi) is 4.91. The average molecular weight is 369 g/mol. The van der Waals surface area contributed by atoms with Crippen molar-refractivity contribution in [2.45, 2.75) is 6.54 Å². The molecule has 2 heterocycles. The lowest BCUT2D eigenvalue weighted by Crippen LogP contribution is -3.00. The van der Waals surface area contributed by atoms with Crippen molar-refractivity contribution in [1.29, 1.82) is 0 Å². The first-order valence-corrected chi connectivity index (χ1v) is 7.13. The summed E-state index contributed by atoms with van der Waals surface area (Å²) in [6.45, 7) is 0.341. The summed E-state index contributed by atoms with van der Waals surface area (Å²) in [6.07, 6.45) is 3.94. The van der Waals surface area contributed by atoms with Crippen molar-refractivity contribution >= 4 is 38.8 Å². The molecular weight excluding hydrogens is 358 g/mol. The average Bonchev–Trinajstić information content (AvgIpc) is 2.87. The molecule has 1 aromatic carbocycles. The fourth-order valence-electron chi connectivity index (χ4n) is 1.95. The molecule has 0 aliphatic carbocycles. The van der Waals surface area contributed by atoms with Crippen molar-refractivity contribution in [3.05, 3.63) is 64.8 Å². The molecule has 0 saturated carbocycles. The number of ketones is 1. The van der Waals surface area contributed by atoms with Crippen molar-refractivity contribution in [1.82, 2.24) is 0 Å². The van der Waals surface area contributed by atoms with Crippen LogP contribution in [0.25, 0.3) is 10.1 Å². The molecule has 0 saturated heterocycles. The Morgan fingerprint density at radius 2 is 1.90 bits per heavy atom. The van der Waals surface area contributed by atoms with Crippen LogP contribution in [0.5, 0.6) is 0 Å². The normalized spacial score (nSPS) is 10.2. The Morgan fingerprint density at radius 3 is 2.65 bits per heavy atom. The highest BCUT2D eigenvalue weighted by Crippen LogP contribution is 2.17. The van der Waals surface area contributed by atoms with E-state index in [0.29, 0.717) is 17.1 Å². The van der Waals surface area contributed by atoms with Gasteiger partial charge in [0.05, 0.1) is 5.39 Å². The number of halogens is 2. The number of hydrogen-bond donors (Lipinski definition) is 0. The van der Waals surface area contributed by atoms with Crippen LogP contribution in [-0.4, -0.2) is 5.78 Å². The Labute approximate surface area is 136 Å². The lowest BCUT2D eigenvalue weighted by molar-refractivity contribution is -0.681. The molecule has 0 amide bonds. The van der Waals surface area contributed by atoms with E-state index in [1.54, 1.807) is 35.6 Å². The third kappa shape index (κ3) is 3.26. The molecule has 102 valence electrons. The summed E-state index contributed by atoms with van der Waals surface area (Å²) in [4.78, 5) is 12.1. The van der Waals surface area contributed by atoms with E-state index < -0.39 is 0 Å². The van der Waals surface area contributed by atoms with Gasteiger partial charge < -0.3 is 17.0 Å². The Bertz CT molecular complexity index is 739. The van der Waals surface area contributed by atoms with E-state index in [4.69, 9.17) is 11.6 Å². The SMILES string of the molecule is O=C(C[n+]1ccc2sccc2c1)c1ccc(Cl)cc1.[Br-]. The highest BCUT2D eigenvalue weighted by atomic mass is 79.9. The molecular formula is C15H11BrClNOS. The van der Waals surface area contributed by atoms with Gasteiger partial charge in [0.1, 0.15) is 0 Å². The van der Waals surface area contributed by atoms with Crippen LogP contribution in [0, 0.1) is 0 Å². The summed E-state index contributed by atoms with van der Waals surface area (Å²) in [5, 5.41) is 3.86. The summed E-state index contributed by atoms with van der Waals surface area (Å²) >= 11 is 7.51. The van der Waals surface area contributed by atoms with Crippen molar-refractivity contribution < 1.29 is 26.3 Å². The largest absolute Gasteiger partial charge is 1.00 e. The van der Waals surface area contributed by atoms with Crippen molar-refractivity contribution in [2.24, 2.45) is 0 Å². The Morgan fingerprint density at radius 1 is 1.15 bits per heavy atom. The van der Waals surface area contributed by atoms with Gasteiger partial charge in [0.2, 0.25) is 12.3 Å². The van der Waals surface area contributed by atoms with Gasteiger partial charge in [-0.1, -0.05) is 11.6 Å². The van der Waals surface area contributed by atoms with Gasteiger partial charge in [-0.3, -0.25) is 4.79 Å². The van der Waals surface area contributed by atoms with Crippen LogP contribution < -0.4 is 21.5 Å². The standard InChI is InChI=1S/C15H11ClNOS.BrH/c16-13-3-1-11(2-4-13)14(18)10-17-7-5-15-12(9-17)6-8-19-15;/h1-9H,10H2;1H/q+1;/p-1. The molecule has 0 unspecified atom stereocenters. The van der Waals surface area contributed by atoms with Crippen molar-refractivity contribution in [3.8, 4) is 0 Å². The maximum Gasteiger partial charge on any atom is 0.227 e. The molecule has 0 fully saturated rings. The predicted molar refractivity (Wildman–Crippen MR) is 77.8 cm³/mol. The van der Waals surface area contributed by atoms with Gasteiger partial charge in [-0.2, -0.15) is 4.57 Å². The number of nitrogens with zero attached hydrogens (tertiary/aromatic N) is 1. The number of benzene rings is 1. The van der Waals surface area contributed by atoms with Crippen LogP contribution in [0.3, 0.4) is 0 Å². The van der Waals surface area contributed by atoms with E-state index in [2.05, 4.69) is 11.4 Å². The molecule has 3 aromatic rings. The van der Waals surface area contributed by atoms with E-state index in [1.165, 1.54) is 4.70 Å². The fourth-order valence-corrected chi connectivity index (χ4v) is 2.83. The molecule has 3 rings (SSSR count). The smallest absolute Gasteiger partial charge is 0.227 e. The van der Waals surface area contributed by atoms with Crippen LogP contribution in [0.15, 0.2) is 54.2 Å². The number of thiophene rings is 1. The molecule has 2 nitrogen and oxygen atoms in total. The first-order valence-electron chi connectivity index (χ1n) is 5.87. The number of carbonyl (C=O) groups is 1. The van der Waals surface area contributed by atoms with E-state index in [0.717, 1.165) is 5.39 Å². The third-order valence-electron chi connectivity index (χ3n) is 2.94. The second kappa shape index (κ2) is 6.48.